The number of hydrogen-bond acceptors (Lipinski definition) is 25. The number of pyridine rings is 1. The van der Waals surface area contributed by atoms with Gasteiger partial charge in [-0.15, -0.1) is 0 Å². The van der Waals surface area contributed by atoms with E-state index in [4.69, 9.17) is 95.5 Å². The number of rotatable bonds is 48. The molecule has 0 radical (unpaired) electrons. The van der Waals surface area contributed by atoms with Crippen molar-refractivity contribution in [3.63, 3.8) is 0 Å². The van der Waals surface area contributed by atoms with Crippen molar-refractivity contribution in [3.8, 4) is 17.2 Å². The summed E-state index contributed by atoms with van der Waals surface area (Å²) in [7, 11) is 4.87. The van der Waals surface area contributed by atoms with Gasteiger partial charge >= 0.3 is 11.9 Å². The van der Waals surface area contributed by atoms with E-state index < -0.39 is 11.9 Å². The molecule has 1 aliphatic carbocycles. The van der Waals surface area contributed by atoms with E-state index in [0.29, 0.717) is 189 Å². The number of esters is 2. The Bertz CT molecular complexity index is 3260. The van der Waals surface area contributed by atoms with Gasteiger partial charge in [0.2, 0.25) is 5.75 Å². The van der Waals surface area contributed by atoms with E-state index in [0.717, 1.165) is 56.2 Å². The Balaban J connectivity index is 0.997. The Morgan fingerprint density at radius 2 is 1.07 bits per heavy atom. The van der Waals surface area contributed by atoms with Crippen LogP contribution in [0.5, 0.6) is 17.2 Å². The summed E-state index contributed by atoms with van der Waals surface area (Å²) in [5, 5.41) is 15.6. The largest absolute Gasteiger partial charge is 0.511 e. The average molecular weight is 1350 g/mol. The van der Waals surface area contributed by atoms with Crippen LogP contribution in [0.3, 0.4) is 0 Å². The van der Waals surface area contributed by atoms with Crippen LogP contribution in [0.15, 0.2) is 143 Å². The molecule has 1 fully saturated rings. The second-order valence-electron chi connectivity index (χ2n) is 23.1. The lowest BCUT2D eigenvalue weighted by atomic mass is 9.86. The molecule has 8 rings (SSSR count). The van der Waals surface area contributed by atoms with E-state index in [-0.39, 0.29) is 83.3 Å². The smallest absolute Gasteiger partial charge is 0.340 e. The van der Waals surface area contributed by atoms with Crippen LogP contribution < -0.4 is 19.5 Å². The topological polar surface area (TPSA) is 273 Å². The molecule has 530 valence electrons. The zero-order valence-electron chi connectivity index (χ0n) is 57.6. The Kier molecular flexibility index (Phi) is 32.1. The molecule has 1 saturated heterocycles. The molecule has 25 nitrogen and oxygen atoms in total. The van der Waals surface area contributed by atoms with Crippen LogP contribution >= 0.6 is 0 Å². The number of allylic oxidation sites excluding steroid dienone is 11. The highest BCUT2D eigenvalue weighted by Gasteiger charge is 2.42. The Morgan fingerprint density at radius 3 is 1.59 bits per heavy atom. The maximum atomic E-state index is 14.3. The molecule has 1 aromatic carbocycles. The zero-order chi connectivity index (χ0) is 68.6. The number of carbonyl (C=O) groups is 2. The number of nitrogens with one attached hydrogen (secondary N) is 1. The van der Waals surface area contributed by atoms with Crippen molar-refractivity contribution in [2.45, 2.75) is 66.9 Å². The number of aromatic nitrogens is 1. The predicted molar refractivity (Wildman–Crippen MR) is 362 cm³/mol. The molecule has 6 heterocycles. The molecule has 2 aromatic rings. The molecule has 2 atom stereocenters. The highest BCUT2D eigenvalue weighted by atomic mass is 16.6. The summed E-state index contributed by atoms with van der Waals surface area (Å²) in [6.45, 7) is 18.8. The first-order valence-corrected chi connectivity index (χ1v) is 33.3. The van der Waals surface area contributed by atoms with Crippen molar-refractivity contribution in [2.24, 2.45) is 26.8 Å². The molecular formula is C72H97N5O20. The van der Waals surface area contributed by atoms with Gasteiger partial charge in [-0.05, 0) is 104 Å². The van der Waals surface area contributed by atoms with Gasteiger partial charge in [-0.1, -0.05) is 13.8 Å². The lowest BCUT2D eigenvalue weighted by molar-refractivity contribution is -0.145. The standard InChI is InChI=1S/C72H97N5O20/c1-9-54-48(2)59-43-63-57(47-97-72(80)53-11-10-14-73-45-53)50(4)58(75-63)42-60-49(3)55(69(76-60)56-41-64(78)68-51(5)61(77-70(56)68)44-62(54)74-59)12-13-67(79)96-46-52-39-65(93-36-33-90-30-27-87-24-21-84-18-15-81-6)71(95-38-35-92-32-29-89-26-23-86-20-17-83-8)66(40-52)94-37-34-91-31-28-88-25-22-85-19-16-82-7/h10-11,14,39-40,42-45,49,55,76,78H,9,12-13,15-38,41,46-47H2,1-8H3/t49-,55-/m0/s1. The van der Waals surface area contributed by atoms with Gasteiger partial charge in [0.1, 0.15) is 38.8 Å². The maximum absolute atomic E-state index is 14.3. The van der Waals surface area contributed by atoms with Gasteiger partial charge in [0.05, 0.1) is 179 Å². The van der Waals surface area contributed by atoms with E-state index in [9.17, 15) is 14.7 Å². The van der Waals surface area contributed by atoms with Crippen LogP contribution in [0.4, 0.5) is 0 Å². The molecule has 6 aliphatic rings. The second-order valence-corrected chi connectivity index (χ2v) is 23.1. The van der Waals surface area contributed by atoms with E-state index in [2.05, 4.69) is 31.1 Å². The highest BCUT2D eigenvalue weighted by Crippen LogP contribution is 2.47. The number of aliphatic imine (C=N–C) groups is 3. The van der Waals surface area contributed by atoms with Gasteiger partial charge in [-0.3, -0.25) is 9.78 Å². The molecule has 8 bridgehead atoms. The van der Waals surface area contributed by atoms with E-state index in [1.807, 2.05) is 32.1 Å². The van der Waals surface area contributed by atoms with Crippen molar-refractivity contribution in [3.05, 3.63) is 139 Å². The summed E-state index contributed by atoms with van der Waals surface area (Å²) < 4.78 is 97.3. The minimum absolute atomic E-state index is 0.0413. The summed E-state index contributed by atoms with van der Waals surface area (Å²) in [6.07, 6.45) is 10.5. The third-order valence-electron chi connectivity index (χ3n) is 16.5. The lowest BCUT2D eigenvalue weighted by Gasteiger charge is -2.19. The number of aliphatic hydroxyl groups is 1. The molecule has 2 N–H and O–H groups in total. The minimum Gasteiger partial charge on any atom is -0.511 e. The number of fused-ring (bicyclic) bond motifs is 5. The molecule has 5 aliphatic heterocycles. The first-order chi connectivity index (χ1) is 47.4. The molecule has 25 heteroatoms. The van der Waals surface area contributed by atoms with E-state index in [1.54, 1.807) is 51.8 Å². The number of benzene rings is 1. The SMILES string of the molecule is CCC1=C(C)C2=NC1=CC1=C(C)C3=C(O)CC(=C4NC(=CC5=NC(=C2)C(COC(=O)c2cccnc2)=C5C)[C@@H](C)[C@@H]4CCC(=O)OCc2cc(OCCOCCOCCOCCOC)c(OCCOCCOCCOCCOC)c(OCCOCCOCCOCCOC)c2)C3=N1. The van der Waals surface area contributed by atoms with E-state index >= 15 is 0 Å². The number of methoxy groups -OCH3 is 3. The average Bonchev–Trinajstić information content (AvgIpc) is 1.59. The zero-order valence-corrected chi connectivity index (χ0v) is 57.6. The lowest BCUT2D eigenvalue weighted by Crippen LogP contribution is -2.17. The Labute approximate surface area is 569 Å². The fraction of sp³-hybridized carbons (Fsp3) is 0.556. The molecule has 1 aromatic heterocycles. The van der Waals surface area contributed by atoms with Crippen molar-refractivity contribution in [2.75, 3.05) is 187 Å². The van der Waals surface area contributed by atoms with Crippen LogP contribution in [0, 0.1) is 11.8 Å². The summed E-state index contributed by atoms with van der Waals surface area (Å²) >= 11 is 0. The van der Waals surface area contributed by atoms with Crippen molar-refractivity contribution >= 4 is 29.1 Å². The summed E-state index contributed by atoms with van der Waals surface area (Å²) in [5.41, 5.74) is 12.9. The third-order valence-corrected chi connectivity index (χ3v) is 16.5. The number of hydrogen-bond donors (Lipinski definition) is 2. The van der Waals surface area contributed by atoms with Crippen LogP contribution in [0.25, 0.3) is 0 Å². The number of aliphatic hydroxyl groups excluding tert-OH is 1. The van der Waals surface area contributed by atoms with Crippen molar-refractivity contribution in [1.29, 1.82) is 0 Å². The first kappa shape index (κ1) is 75.5. The van der Waals surface area contributed by atoms with Crippen molar-refractivity contribution in [1.82, 2.24) is 10.3 Å². The molecule has 0 spiro atoms. The molecule has 0 saturated carbocycles. The Morgan fingerprint density at radius 1 is 0.577 bits per heavy atom. The van der Waals surface area contributed by atoms with Crippen LogP contribution in [-0.4, -0.2) is 226 Å². The highest BCUT2D eigenvalue weighted by molar-refractivity contribution is 6.21. The Hall–Kier alpha value is -7.24. The maximum Gasteiger partial charge on any atom is 0.340 e. The van der Waals surface area contributed by atoms with Gasteiger partial charge in [0.15, 0.2) is 11.5 Å². The first-order valence-electron chi connectivity index (χ1n) is 33.3. The quantitative estimate of drug-likeness (QED) is 0.0463. The fourth-order valence-electron chi connectivity index (χ4n) is 11.3. The molecule has 0 amide bonds. The molecule has 97 heavy (non-hydrogen) atoms. The minimum atomic E-state index is -0.505. The fourth-order valence-corrected chi connectivity index (χ4v) is 11.3. The van der Waals surface area contributed by atoms with Gasteiger partial charge in [-0.25, -0.2) is 19.8 Å². The normalized spacial score (nSPS) is 17.2. The van der Waals surface area contributed by atoms with Gasteiger partial charge < -0.3 is 90.9 Å². The van der Waals surface area contributed by atoms with Gasteiger partial charge in [0.25, 0.3) is 0 Å². The molecule has 0 unspecified atom stereocenters. The van der Waals surface area contributed by atoms with Crippen LogP contribution in [-0.2, 0) is 77.7 Å². The molecular weight excluding hydrogens is 1250 g/mol. The van der Waals surface area contributed by atoms with Gasteiger partial charge in [0, 0.05) is 86.5 Å². The monoisotopic (exact) mass is 1350 g/mol. The van der Waals surface area contributed by atoms with Crippen LogP contribution in [0.2, 0.25) is 0 Å². The summed E-state index contributed by atoms with van der Waals surface area (Å²) in [5.74, 6) is -0.150. The van der Waals surface area contributed by atoms with Crippen LogP contribution in [0.1, 0.15) is 76.2 Å². The second kappa shape index (κ2) is 41.2. The number of nitrogens with zero attached hydrogens (tertiary/aromatic N) is 4. The number of ether oxygens (including phenoxy) is 17. The number of carbonyl (C=O) groups excluding carboxylic acids is 2. The van der Waals surface area contributed by atoms with Crippen molar-refractivity contribution < 1.29 is 95.2 Å². The van der Waals surface area contributed by atoms with E-state index in [1.165, 1.54) is 6.20 Å². The predicted octanol–water partition coefficient (Wildman–Crippen LogP) is 8.66. The summed E-state index contributed by atoms with van der Waals surface area (Å²) in [4.78, 5) is 47.3. The summed E-state index contributed by atoms with van der Waals surface area (Å²) in [6, 6.07) is 6.88. The third kappa shape index (κ3) is 22.6. The van der Waals surface area contributed by atoms with Gasteiger partial charge in [-0.2, -0.15) is 0 Å².